The minimum atomic E-state index is 0.771. The second-order valence-corrected chi connectivity index (χ2v) is 4.94. The minimum Gasteiger partial charge on any atom is -0.355 e. The molecule has 3 rings (SSSR count). The van der Waals surface area contributed by atoms with Gasteiger partial charge in [0.15, 0.2) is 5.76 Å². The largest absolute Gasteiger partial charge is 0.355 e. The maximum atomic E-state index is 5.35. The summed E-state index contributed by atoms with van der Waals surface area (Å²) < 4.78 is 6.63. The summed E-state index contributed by atoms with van der Waals surface area (Å²) in [5, 5.41) is 8.25. The van der Waals surface area contributed by atoms with Gasteiger partial charge in [-0.3, -0.25) is 0 Å². The molecule has 86 valence electrons. The van der Waals surface area contributed by atoms with Crippen LogP contribution >= 0.6 is 11.3 Å². The first-order valence-corrected chi connectivity index (χ1v) is 6.27. The van der Waals surface area contributed by atoms with Crippen molar-refractivity contribution in [3.05, 3.63) is 42.1 Å². The highest BCUT2D eigenvalue weighted by Gasteiger charge is 2.12. The van der Waals surface area contributed by atoms with Gasteiger partial charge >= 0.3 is 0 Å². The van der Waals surface area contributed by atoms with E-state index in [0.29, 0.717) is 0 Å². The van der Waals surface area contributed by atoms with Crippen molar-refractivity contribution in [1.82, 2.24) is 10.5 Å². The van der Waals surface area contributed by atoms with Crippen LogP contribution in [0.4, 0.5) is 0 Å². The Bertz CT molecular complexity index is 608. The Kier molecular flexibility index (Phi) is 2.66. The lowest BCUT2D eigenvalue weighted by molar-refractivity contribution is 0.432. The standard InChI is InChI=1S/C13H12N2OS/c1-14-7-10-8-15-16-13(10)12-6-9-4-2-3-5-11(9)17-12/h2-6,8,14H,7H2,1H3. The fourth-order valence-corrected chi connectivity index (χ4v) is 2.95. The van der Waals surface area contributed by atoms with E-state index in [1.807, 2.05) is 13.1 Å². The maximum Gasteiger partial charge on any atom is 0.181 e. The van der Waals surface area contributed by atoms with E-state index < -0.39 is 0 Å². The molecule has 0 atom stereocenters. The zero-order chi connectivity index (χ0) is 11.7. The quantitative estimate of drug-likeness (QED) is 0.768. The third kappa shape index (κ3) is 1.85. The zero-order valence-electron chi connectivity index (χ0n) is 9.43. The molecule has 3 aromatic rings. The van der Waals surface area contributed by atoms with Gasteiger partial charge in [0.05, 0.1) is 11.1 Å². The van der Waals surface area contributed by atoms with E-state index >= 15 is 0 Å². The van der Waals surface area contributed by atoms with Crippen LogP contribution in [-0.4, -0.2) is 12.2 Å². The highest BCUT2D eigenvalue weighted by atomic mass is 32.1. The monoisotopic (exact) mass is 244 g/mol. The molecule has 0 radical (unpaired) electrons. The highest BCUT2D eigenvalue weighted by Crippen LogP contribution is 2.34. The van der Waals surface area contributed by atoms with Crippen LogP contribution in [0.1, 0.15) is 5.56 Å². The summed E-state index contributed by atoms with van der Waals surface area (Å²) in [6.45, 7) is 0.771. The summed E-state index contributed by atoms with van der Waals surface area (Å²) in [6.07, 6.45) is 1.77. The molecule has 0 amide bonds. The first-order valence-electron chi connectivity index (χ1n) is 5.45. The highest BCUT2D eigenvalue weighted by molar-refractivity contribution is 7.22. The number of fused-ring (bicyclic) bond motifs is 1. The minimum absolute atomic E-state index is 0.771. The molecule has 0 saturated carbocycles. The number of benzene rings is 1. The summed E-state index contributed by atoms with van der Waals surface area (Å²) in [7, 11) is 1.92. The third-order valence-corrected chi connectivity index (χ3v) is 3.78. The number of aromatic nitrogens is 1. The van der Waals surface area contributed by atoms with Crippen LogP contribution in [0.25, 0.3) is 20.7 Å². The van der Waals surface area contributed by atoms with Gasteiger partial charge in [-0.15, -0.1) is 11.3 Å². The first-order chi connectivity index (χ1) is 8.38. The molecular formula is C13H12N2OS. The molecule has 17 heavy (non-hydrogen) atoms. The lowest BCUT2D eigenvalue weighted by Gasteiger charge is -1.96. The van der Waals surface area contributed by atoms with Gasteiger partial charge in [-0.1, -0.05) is 23.4 Å². The summed E-state index contributed by atoms with van der Waals surface area (Å²) in [5.74, 6) is 0.876. The third-order valence-electron chi connectivity index (χ3n) is 2.66. The Balaban J connectivity index is 2.10. The fourth-order valence-electron chi connectivity index (χ4n) is 1.87. The van der Waals surface area contributed by atoms with Crippen LogP contribution in [0.3, 0.4) is 0 Å². The van der Waals surface area contributed by atoms with Crippen molar-refractivity contribution in [3.63, 3.8) is 0 Å². The summed E-state index contributed by atoms with van der Waals surface area (Å²) in [5.41, 5.74) is 1.10. The van der Waals surface area contributed by atoms with Crippen LogP contribution in [0.15, 0.2) is 41.1 Å². The molecule has 4 heteroatoms. The van der Waals surface area contributed by atoms with E-state index in [-0.39, 0.29) is 0 Å². The molecule has 3 nitrogen and oxygen atoms in total. The number of thiophene rings is 1. The molecule has 2 heterocycles. The number of rotatable bonds is 3. The van der Waals surface area contributed by atoms with Crippen molar-refractivity contribution in [1.29, 1.82) is 0 Å². The molecule has 0 aliphatic heterocycles. The summed E-state index contributed by atoms with van der Waals surface area (Å²) in [4.78, 5) is 1.13. The predicted molar refractivity (Wildman–Crippen MR) is 70.1 cm³/mol. The van der Waals surface area contributed by atoms with Gasteiger partial charge in [-0.25, -0.2) is 0 Å². The molecule has 0 saturated heterocycles. The normalized spacial score (nSPS) is 11.1. The van der Waals surface area contributed by atoms with Crippen molar-refractivity contribution in [3.8, 4) is 10.6 Å². The molecule has 1 aromatic carbocycles. The second kappa shape index (κ2) is 4.31. The van der Waals surface area contributed by atoms with E-state index in [0.717, 1.165) is 22.7 Å². The van der Waals surface area contributed by atoms with Crippen molar-refractivity contribution in [2.24, 2.45) is 0 Å². The molecular weight excluding hydrogens is 232 g/mol. The van der Waals surface area contributed by atoms with Crippen LogP contribution in [0.2, 0.25) is 0 Å². The van der Waals surface area contributed by atoms with Gasteiger partial charge in [-0.2, -0.15) is 0 Å². The topological polar surface area (TPSA) is 38.1 Å². The average molecular weight is 244 g/mol. The van der Waals surface area contributed by atoms with Gasteiger partial charge in [0.1, 0.15) is 0 Å². The molecule has 0 fully saturated rings. The Labute approximate surface area is 103 Å². The first kappa shape index (κ1) is 10.5. The van der Waals surface area contributed by atoms with Gasteiger partial charge in [0.2, 0.25) is 0 Å². The lowest BCUT2D eigenvalue weighted by atomic mass is 10.2. The molecule has 1 N–H and O–H groups in total. The Hall–Kier alpha value is -1.65. The SMILES string of the molecule is CNCc1cnoc1-c1cc2ccccc2s1. The zero-order valence-corrected chi connectivity index (χ0v) is 10.3. The van der Waals surface area contributed by atoms with Crippen LogP contribution < -0.4 is 5.32 Å². The maximum absolute atomic E-state index is 5.35. The fraction of sp³-hybridized carbons (Fsp3) is 0.154. The Morgan fingerprint density at radius 3 is 3.06 bits per heavy atom. The van der Waals surface area contributed by atoms with E-state index in [1.165, 1.54) is 10.1 Å². The van der Waals surface area contributed by atoms with Gasteiger partial charge in [-0.05, 0) is 24.6 Å². The Morgan fingerprint density at radius 1 is 1.35 bits per heavy atom. The molecule has 0 spiro atoms. The predicted octanol–water partition coefficient (Wildman–Crippen LogP) is 3.28. The number of hydrogen-bond donors (Lipinski definition) is 1. The van der Waals surface area contributed by atoms with Crippen molar-refractivity contribution in [2.45, 2.75) is 6.54 Å². The second-order valence-electron chi connectivity index (χ2n) is 3.86. The van der Waals surface area contributed by atoms with Crippen molar-refractivity contribution in [2.75, 3.05) is 7.05 Å². The van der Waals surface area contributed by atoms with E-state index in [4.69, 9.17) is 4.52 Å². The summed E-state index contributed by atoms with van der Waals surface area (Å²) >= 11 is 1.73. The molecule has 0 bridgehead atoms. The van der Waals surface area contributed by atoms with Gasteiger partial charge in [0.25, 0.3) is 0 Å². The van der Waals surface area contributed by atoms with Crippen LogP contribution in [0, 0.1) is 0 Å². The number of nitrogens with zero attached hydrogens (tertiary/aromatic N) is 1. The van der Waals surface area contributed by atoms with E-state index in [9.17, 15) is 0 Å². The van der Waals surface area contributed by atoms with E-state index in [2.05, 4.69) is 34.7 Å². The molecule has 0 unspecified atom stereocenters. The lowest BCUT2D eigenvalue weighted by Crippen LogP contribution is -2.04. The molecule has 0 aliphatic carbocycles. The van der Waals surface area contributed by atoms with Crippen LogP contribution in [0.5, 0.6) is 0 Å². The Morgan fingerprint density at radius 2 is 2.24 bits per heavy atom. The molecule has 2 aromatic heterocycles. The average Bonchev–Trinajstić information content (AvgIpc) is 2.94. The number of hydrogen-bond acceptors (Lipinski definition) is 4. The van der Waals surface area contributed by atoms with E-state index in [1.54, 1.807) is 17.5 Å². The van der Waals surface area contributed by atoms with Crippen molar-refractivity contribution < 1.29 is 4.52 Å². The number of nitrogens with one attached hydrogen (secondary N) is 1. The van der Waals surface area contributed by atoms with Gasteiger partial charge in [0, 0.05) is 16.8 Å². The smallest absolute Gasteiger partial charge is 0.181 e. The van der Waals surface area contributed by atoms with Gasteiger partial charge < -0.3 is 9.84 Å². The van der Waals surface area contributed by atoms with Crippen molar-refractivity contribution >= 4 is 21.4 Å². The summed E-state index contributed by atoms with van der Waals surface area (Å²) in [6, 6.07) is 10.5. The van der Waals surface area contributed by atoms with Crippen LogP contribution in [-0.2, 0) is 6.54 Å². The molecule has 0 aliphatic rings.